The monoisotopic (exact) mass is 497 g/mol. The molecule has 1 amide bonds. The van der Waals surface area contributed by atoms with Crippen LogP contribution >= 0.6 is 0 Å². The molecule has 180 valence electrons. The predicted molar refractivity (Wildman–Crippen MR) is 123 cm³/mol. The average molecular weight is 498 g/mol. The van der Waals surface area contributed by atoms with Crippen molar-refractivity contribution in [2.75, 3.05) is 50.4 Å². The molecule has 12 heteroatoms. The average Bonchev–Trinajstić information content (AvgIpc) is 2.80. The number of nitrogens with one attached hydrogen (secondary N) is 2. The molecule has 0 atom stereocenters. The first-order valence-corrected chi connectivity index (χ1v) is 13.3. The number of carbonyl (C=O) groups is 1. The number of methoxy groups -OCH3 is 1. The molecule has 1 heterocycles. The van der Waals surface area contributed by atoms with E-state index in [0.717, 1.165) is 5.56 Å². The fraction of sp³-hybridized carbons (Fsp3) is 0.381. The number of nitrogens with zero attached hydrogens (tertiary/aromatic N) is 1. The van der Waals surface area contributed by atoms with Gasteiger partial charge in [-0.15, -0.1) is 0 Å². The summed E-state index contributed by atoms with van der Waals surface area (Å²) >= 11 is 0. The van der Waals surface area contributed by atoms with Gasteiger partial charge in [0, 0.05) is 30.9 Å². The summed E-state index contributed by atoms with van der Waals surface area (Å²) in [7, 11) is -6.25. The fourth-order valence-corrected chi connectivity index (χ4v) is 5.79. The number of benzene rings is 2. The van der Waals surface area contributed by atoms with E-state index in [1.54, 1.807) is 24.3 Å². The molecule has 2 aromatic rings. The molecule has 2 N–H and O–H groups in total. The summed E-state index contributed by atoms with van der Waals surface area (Å²) in [6.07, 6.45) is 0. The lowest BCUT2D eigenvalue weighted by atomic mass is 10.2. The van der Waals surface area contributed by atoms with Gasteiger partial charge in [-0.05, 0) is 37.3 Å². The minimum atomic E-state index is -4.05. The topological polar surface area (TPSA) is 131 Å². The van der Waals surface area contributed by atoms with Crippen LogP contribution in [0.15, 0.2) is 47.4 Å². The zero-order valence-corrected chi connectivity index (χ0v) is 20.0. The Kier molecular flexibility index (Phi) is 7.95. The van der Waals surface area contributed by atoms with E-state index in [1.165, 1.54) is 29.6 Å². The van der Waals surface area contributed by atoms with Gasteiger partial charge in [0.1, 0.15) is 10.6 Å². The van der Waals surface area contributed by atoms with Crippen molar-refractivity contribution in [1.29, 1.82) is 0 Å². The molecule has 0 bridgehead atoms. The molecule has 10 nitrogen and oxygen atoms in total. The highest BCUT2D eigenvalue weighted by molar-refractivity contribution is 7.92. The highest BCUT2D eigenvalue weighted by Crippen LogP contribution is 2.27. The van der Waals surface area contributed by atoms with E-state index < -0.39 is 26.0 Å². The van der Waals surface area contributed by atoms with Crippen molar-refractivity contribution in [3.63, 3.8) is 0 Å². The number of morpholine rings is 1. The molecule has 1 saturated heterocycles. The summed E-state index contributed by atoms with van der Waals surface area (Å²) in [5, 5.41) is 2.53. The van der Waals surface area contributed by atoms with Crippen LogP contribution in [-0.4, -0.2) is 72.8 Å². The maximum absolute atomic E-state index is 12.9. The van der Waals surface area contributed by atoms with E-state index in [-0.39, 0.29) is 41.6 Å². The molecule has 0 unspecified atom stereocenters. The van der Waals surface area contributed by atoms with Crippen LogP contribution in [-0.2, 0) is 24.8 Å². The van der Waals surface area contributed by atoms with Crippen LogP contribution in [0.25, 0.3) is 0 Å². The molecule has 1 fully saturated rings. The molecule has 1 aliphatic rings. The zero-order chi connectivity index (χ0) is 24.1. The zero-order valence-electron chi connectivity index (χ0n) is 18.4. The van der Waals surface area contributed by atoms with Crippen LogP contribution in [0, 0.1) is 6.92 Å². The molecule has 1 aliphatic heterocycles. The molecule has 33 heavy (non-hydrogen) atoms. The van der Waals surface area contributed by atoms with E-state index in [9.17, 15) is 21.6 Å². The van der Waals surface area contributed by atoms with E-state index in [2.05, 4.69) is 10.0 Å². The van der Waals surface area contributed by atoms with Crippen LogP contribution in [0.4, 0.5) is 5.69 Å². The summed E-state index contributed by atoms with van der Waals surface area (Å²) in [4.78, 5) is 12.4. The van der Waals surface area contributed by atoms with Crippen LogP contribution in [0.1, 0.15) is 15.9 Å². The van der Waals surface area contributed by atoms with E-state index in [4.69, 9.17) is 9.47 Å². The maximum Gasteiger partial charge on any atom is 0.265 e. The number of hydrogen-bond acceptors (Lipinski definition) is 7. The van der Waals surface area contributed by atoms with Gasteiger partial charge in [-0.25, -0.2) is 16.8 Å². The lowest BCUT2D eigenvalue weighted by Gasteiger charge is -2.26. The SMILES string of the molecule is COc1ccc(C(=O)NCCS(=O)(=O)N2CCOCC2)cc1S(=O)(=O)Nc1ccc(C)cc1. The lowest BCUT2D eigenvalue weighted by Crippen LogP contribution is -2.43. The quantitative estimate of drug-likeness (QED) is 0.532. The number of carbonyl (C=O) groups excluding carboxylic acids is 1. The number of sulfonamides is 2. The van der Waals surface area contributed by atoms with Gasteiger partial charge in [0.25, 0.3) is 15.9 Å². The first-order chi connectivity index (χ1) is 15.6. The number of ether oxygens (including phenoxy) is 2. The molecule has 0 aliphatic carbocycles. The Hall–Kier alpha value is -2.67. The third-order valence-electron chi connectivity index (χ3n) is 5.03. The van der Waals surface area contributed by atoms with Crippen molar-refractivity contribution in [2.45, 2.75) is 11.8 Å². The highest BCUT2D eigenvalue weighted by Gasteiger charge is 2.25. The first-order valence-electron chi connectivity index (χ1n) is 10.2. The molecule has 0 aromatic heterocycles. The second kappa shape index (κ2) is 10.5. The minimum Gasteiger partial charge on any atom is -0.495 e. The summed E-state index contributed by atoms with van der Waals surface area (Å²) in [6, 6.07) is 10.8. The Balaban J connectivity index is 1.71. The van der Waals surface area contributed by atoms with Crippen LogP contribution in [0.2, 0.25) is 0 Å². The molecular formula is C21H27N3O7S2. The van der Waals surface area contributed by atoms with Gasteiger partial charge >= 0.3 is 0 Å². The van der Waals surface area contributed by atoms with Gasteiger partial charge in [-0.2, -0.15) is 4.31 Å². The molecule has 3 rings (SSSR count). The van der Waals surface area contributed by atoms with Crippen molar-refractivity contribution in [3.05, 3.63) is 53.6 Å². The summed E-state index contributed by atoms with van der Waals surface area (Å²) < 4.78 is 64.8. The van der Waals surface area contributed by atoms with Gasteiger partial charge in [-0.3, -0.25) is 9.52 Å². The Morgan fingerprint density at radius 2 is 1.73 bits per heavy atom. The second-order valence-electron chi connectivity index (χ2n) is 7.42. The maximum atomic E-state index is 12.9. The van der Waals surface area contributed by atoms with Crippen LogP contribution in [0.3, 0.4) is 0 Å². The van der Waals surface area contributed by atoms with Crippen molar-refractivity contribution in [2.24, 2.45) is 0 Å². The first kappa shape index (κ1) is 25.0. The Morgan fingerprint density at radius 1 is 1.06 bits per heavy atom. The van der Waals surface area contributed by atoms with Gasteiger partial charge in [0.15, 0.2) is 0 Å². The number of hydrogen-bond donors (Lipinski definition) is 2. The van der Waals surface area contributed by atoms with E-state index >= 15 is 0 Å². The van der Waals surface area contributed by atoms with E-state index in [0.29, 0.717) is 18.9 Å². The van der Waals surface area contributed by atoms with Gasteiger partial charge < -0.3 is 14.8 Å². The molecular weight excluding hydrogens is 470 g/mol. The number of anilines is 1. The smallest absolute Gasteiger partial charge is 0.265 e. The summed E-state index contributed by atoms with van der Waals surface area (Å²) in [5.41, 5.74) is 1.40. The van der Waals surface area contributed by atoms with E-state index in [1.807, 2.05) is 6.92 Å². The normalized spacial score (nSPS) is 15.1. The van der Waals surface area contributed by atoms with Crippen LogP contribution < -0.4 is 14.8 Å². The minimum absolute atomic E-state index is 0.0591. The van der Waals surface area contributed by atoms with Crippen molar-refractivity contribution in [1.82, 2.24) is 9.62 Å². The highest BCUT2D eigenvalue weighted by atomic mass is 32.2. The summed E-state index contributed by atoms with van der Waals surface area (Å²) in [6.45, 7) is 3.01. The second-order valence-corrected chi connectivity index (χ2v) is 11.2. The number of rotatable bonds is 9. The summed E-state index contributed by atoms with van der Waals surface area (Å²) in [5.74, 6) is -0.794. The van der Waals surface area contributed by atoms with Crippen LogP contribution in [0.5, 0.6) is 5.75 Å². The number of aryl methyl sites for hydroxylation is 1. The third kappa shape index (κ3) is 6.44. The molecule has 0 saturated carbocycles. The van der Waals surface area contributed by atoms with Crippen molar-refractivity contribution >= 4 is 31.6 Å². The largest absolute Gasteiger partial charge is 0.495 e. The van der Waals surface area contributed by atoms with Gasteiger partial charge in [0.2, 0.25) is 10.0 Å². The Labute approximate surface area is 194 Å². The number of amides is 1. The predicted octanol–water partition coefficient (Wildman–Crippen LogP) is 1.20. The Bertz CT molecular complexity index is 1190. The van der Waals surface area contributed by atoms with Crippen molar-refractivity contribution < 1.29 is 31.1 Å². The third-order valence-corrected chi connectivity index (χ3v) is 8.30. The standard InChI is InChI=1S/C21H27N3O7S2/c1-16-3-6-18(7-4-16)23-33(28,29)20-15-17(5-8-19(20)30-2)21(25)22-9-14-32(26,27)24-10-12-31-13-11-24/h3-8,15,23H,9-14H2,1-2H3,(H,22,25). The lowest BCUT2D eigenvalue weighted by molar-refractivity contribution is 0.0730. The fourth-order valence-electron chi connectivity index (χ4n) is 3.21. The van der Waals surface area contributed by atoms with Gasteiger partial charge in [0.05, 0.1) is 26.1 Å². The molecule has 2 aromatic carbocycles. The molecule has 0 radical (unpaired) electrons. The molecule has 0 spiro atoms. The van der Waals surface area contributed by atoms with Crippen molar-refractivity contribution in [3.8, 4) is 5.75 Å². The Morgan fingerprint density at radius 3 is 2.36 bits per heavy atom. The van der Waals surface area contributed by atoms with Gasteiger partial charge in [-0.1, -0.05) is 17.7 Å².